The molecule has 0 saturated heterocycles. The van der Waals surface area contributed by atoms with Crippen LogP contribution in [0.2, 0.25) is 0 Å². The molecule has 0 amide bonds. The Morgan fingerprint density at radius 3 is 1.26 bits per heavy atom. The van der Waals surface area contributed by atoms with Crippen molar-refractivity contribution in [1.82, 2.24) is 9.97 Å². The van der Waals surface area contributed by atoms with Gasteiger partial charge in [0.05, 0.1) is 36.7 Å². The summed E-state index contributed by atoms with van der Waals surface area (Å²) in [7, 11) is 2.69. The molecule has 8 heteroatoms. The van der Waals surface area contributed by atoms with Gasteiger partial charge in [0.25, 0.3) is 0 Å². The summed E-state index contributed by atoms with van der Waals surface area (Å²) in [6.45, 7) is 3.63. The van der Waals surface area contributed by atoms with E-state index >= 15 is 0 Å². The molecule has 0 bridgehead atoms. The first-order valence-electron chi connectivity index (χ1n) is 10.4. The molecule has 34 heavy (non-hydrogen) atoms. The average Bonchev–Trinajstić information content (AvgIpc) is 3.35. The molecule has 6 nitrogen and oxygen atoms in total. The number of aromatic amines is 2. The lowest BCUT2D eigenvalue weighted by atomic mass is 9.91. The van der Waals surface area contributed by atoms with E-state index in [4.69, 9.17) is 9.47 Å². The van der Waals surface area contributed by atoms with E-state index in [0.29, 0.717) is 45.0 Å². The number of nitrogens with one attached hydrogen (secondary N) is 2. The Morgan fingerprint density at radius 2 is 0.971 bits per heavy atom. The van der Waals surface area contributed by atoms with Crippen LogP contribution in [0.25, 0.3) is 33.6 Å². The Labute approximate surface area is 213 Å². The number of carbonyl (C=O) groups excluding carboxylic acids is 2. The smallest absolute Gasteiger partial charge is 0.340 e. The fourth-order valence-electron chi connectivity index (χ4n) is 4.13. The molecule has 4 rings (SSSR count). The third-order valence-electron chi connectivity index (χ3n) is 5.67. The first kappa shape index (κ1) is 24.0. The van der Waals surface area contributed by atoms with Crippen LogP contribution in [0.5, 0.6) is 0 Å². The van der Waals surface area contributed by atoms with Gasteiger partial charge in [0.15, 0.2) is 0 Å². The van der Waals surface area contributed by atoms with Crippen molar-refractivity contribution in [3.8, 4) is 33.6 Å². The highest BCUT2D eigenvalue weighted by atomic mass is 79.9. The zero-order chi connectivity index (χ0) is 24.6. The largest absolute Gasteiger partial charge is 0.465 e. The number of esters is 2. The minimum Gasteiger partial charge on any atom is -0.465 e. The molecule has 0 unspecified atom stereocenters. The molecule has 4 aromatic rings. The monoisotopic (exact) mass is 584 g/mol. The maximum absolute atomic E-state index is 13.0. The van der Waals surface area contributed by atoms with Crippen LogP contribution in [0.3, 0.4) is 0 Å². The number of ether oxygens (including phenoxy) is 2. The van der Waals surface area contributed by atoms with Crippen molar-refractivity contribution < 1.29 is 19.1 Å². The Kier molecular flexibility index (Phi) is 6.81. The number of hydrogen-bond donors (Lipinski definition) is 2. The number of aryl methyl sites for hydroxylation is 2. The third-order valence-corrected chi connectivity index (χ3v) is 6.73. The maximum atomic E-state index is 13.0. The number of rotatable bonds is 5. The molecule has 0 saturated carbocycles. The zero-order valence-corrected chi connectivity index (χ0v) is 22.2. The van der Waals surface area contributed by atoms with Crippen LogP contribution in [-0.2, 0) is 9.47 Å². The Hall–Kier alpha value is -3.10. The van der Waals surface area contributed by atoms with Gasteiger partial charge in [0.2, 0.25) is 0 Å². The van der Waals surface area contributed by atoms with E-state index in [0.717, 1.165) is 20.1 Å². The first-order chi connectivity index (χ1) is 16.3. The molecule has 0 radical (unpaired) electrons. The number of carbonyl (C=O) groups is 2. The summed E-state index contributed by atoms with van der Waals surface area (Å²) in [5.41, 5.74) is 6.27. The van der Waals surface area contributed by atoms with Crippen LogP contribution in [0, 0.1) is 13.8 Å². The standard InChI is InChI=1S/C26H22Br2N2O4/c1-13-19(25(31)33-3)21(23(29-13)15-5-9-17(27)10-6-15)22-20(26(32)34-4)14(2)30-24(22)16-7-11-18(28)12-8-16/h5-12,29-30H,1-4H3. The van der Waals surface area contributed by atoms with E-state index in [9.17, 15) is 9.59 Å². The van der Waals surface area contributed by atoms with Gasteiger partial charge in [-0.2, -0.15) is 0 Å². The van der Waals surface area contributed by atoms with Crippen molar-refractivity contribution in [2.45, 2.75) is 13.8 Å². The maximum Gasteiger partial charge on any atom is 0.340 e. The number of aromatic nitrogens is 2. The summed E-state index contributed by atoms with van der Waals surface area (Å²) in [6, 6.07) is 15.5. The molecular formula is C26H22Br2N2O4. The predicted molar refractivity (Wildman–Crippen MR) is 139 cm³/mol. The van der Waals surface area contributed by atoms with Gasteiger partial charge in [0, 0.05) is 31.5 Å². The number of H-pyrrole nitrogens is 2. The Bertz CT molecular complexity index is 1280. The SMILES string of the molecule is COC(=O)c1c(C)[nH]c(-c2ccc(Br)cc2)c1-c1c(-c2ccc(Br)cc2)[nH]c(C)c1C(=O)OC. The Balaban J connectivity index is 2.14. The molecule has 0 fully saturated rings. The normalized spacial score (nSPS) is 10.9. The lowest BCUT2D eigenvalue weighted by Gasteiger charge is -2.12. The number of halogens is 2. The van der Waals surface area contributed by atoms with Gasteiger partial charge in [-0.3, -0.25) is 0 Å². The molecule has 0 aliphatic carbocycles. The number of benzene rings is 2. The fraction of sp³-hybridized carbons (Fsp3) is 0.154. The van der Waals surface area contributed by atoms with Crippen LogP contribution in [-0.4, -0.2) is 36.1 Å². The van der Waals surface area contributed by atoms with E-state index in [-0.39, 0.29) is 0 Å². The topological polar surface area (TPSA) is 84.2 Å². The van der Waals surface area contributed by atoms with E-state index in [2.05, 4.69) is 41.8 Å². The predicted octanol–water partition coefficient (Wildman–Crippen LogP) is 7.06. The fourth-order valence-corrected chi connectivity index (χ4v) is 4.66. The number of methoxy groups -OCH3 is 2. The summed E-state index contributed by atoms with van der Waals surface area (Å²) in [4.78, 5) is 32.7. The summed E-state index contributed by atoms with van der Waals surface area (Å²) in [5, 5.41) is 0. The van der Waals surface area contributed by atoms with Crippen LogP contribution < -0.4 is 0 Å². The second kappa shape index (κ2) is 9.64. The molecule has 2 N–H and O–H groups in total. The van der Waals surface area contributed by atoms with Crippen molar-refractivity contribution in [3.63, 3.8) is 0 Å². The van der Waals surface area contributed by atoms with Gasteiger partial charge in [0.1, 0.15) is 0 Å². The van der Waals surface area contributed by atoms with Crippen molar-refractivity contribution in [2.24, 2.45) is 0 Å². The minimum absolute atomic E-state index is 0.364. The van der Waals surface area contributed by atoms with Crippen LogP contribution in [0.4, 0.5) is 0 Å². The van der Waals surface area contributed by atoms with Gasteiger partial charge in [-0.05, 0) is 49.2 Å². The van der Waals surface area contributed by atoms with Crippen molar-refractivity contribution in [2.75, 3.05) is 14.2 Å². The molecule has 174 valence electrons. The molecule has 2 heterocycles. The summed E-state index contributed by atoms with van der Waals surface area (Å²) >= 11 is 6.95. The zero-order valence-electron chi connectivity index (χ0n) is 19.0. The minimum atomic E-state index is -0.497. The first-order valence-corrected chi connectivity index (χ1v) is 12.0. The highest BCUT2D eigenvalue weighted by molar-refractivity contribution is 9.10. The highest BCUT2D eigenvalue weighted by Crippen LogP contribution is 2.45. The quantitative estimate of drug-likeness (QED) is 0.246. The number of hydrogen-bond acceptors (Lipinski definition) is 4. The lowest BCUT2D eigenvalue weighted by molar-refractivity contribution is 0.0589. The Morgan fingerprint density at radius 1 is 0.647 bits per heavy atom. The third kappa shape index (κ3) is 4.23. The lowest BCUT2D eigenvalue weighted by Crippen LogP contribution is -2.07. The van der Waals surface area contributed by atoms with Crippen molar-refractivity contribution >= 4 is 43.8 Å². The van der Waals surface area contributed by atoms with Crippen molar-refractivity contribution in [3.05, 3.63) is 80.0 Å². The van der Waals surface area contributed by atoms with E-state index in [1.165, 1.54) is 14.2 Å². The van der Waals surface area contributed by atoms with E-state index in [1.54, 1.807) is 0 Å². The van der Waals surface area contributed by atoms with Crippen LogP contribution in [0.15, 0.2) is 57.5 Å². The molecule has 0 atom stereocenters. The summed E-state index contributed by atoms with van der Waals surface area (Å²) in [5.74, 6) is -0.993. The average molecular weight is 586 g/mol. The van der Waals surface area contributed by atoms with Gasteiger partial charge < -0.3 is 19.4 Å². The van der Waals surface area contributed by atoms with Crippen molar-refractivity contribution in [1.29, 1.82) is 0 Å². The molecule has 0 aliphatic rings. The molecule has 0 aliphatic heterocycles. The van der Waals surface area contributed by atoms with Crippen LogP contribution in [0.1, 0.15) is 32.1 Å². The van der Waals surface area contributed by atoms with Gasteiger partial charge >= 0.3 is 11.9 Å². The second-order valence-electron chi connectivity index (χ2n) is 7.75. The summed E-state index contributed by atoms with van der Waals surface area (Å²) in [6.07, 6.45) is 0. The van der Waals surface area contributed by atoms with Gasteiger partial charge in [-0.25, -0.2) is 9.59 Å². The summed E-state index contributed by atoms with van der Waals surface area (Å²) < 4.78 is 12.1. The van der Waals surface area contributed by atoms with E-state index < -0.39 is 11.9 Å². The van der Waals surface area contributed by atoms with Gasteiger partial charge in [-0.15, -0.1) is 0 Å². The molecular weight excluding hydrogens is 564 g/mol. The van der Waals surface area contributed by atoms with Gasteiger partial charge in [-0.1, -0.05) is 56.1 Å². The molecule has 2 aromatic heterocycles. The van der Waals surface area contributed by atoms with Crippen LogP contribution >= 0.6 is 31.9 Å². The van der Waals surface area contributed by atoms with E-state index in [1.807, 2.05) is 62.4 Å². The highest BCUT2D eigenvalue weighted by Gasteiger charge is 2.32. The second-order valence-corrected chi connectivity index (χ2v) is 9.58. The molecule has 0 spiro atoms. The molecule has 2 aromatic carbocycles.